The van der Waals surface area contributed by atoms with Crippen LogP contribution in [0.2, 0.25) is 0 Å². The molecule has 0 aromatic carbocycles. The van der Waals surface area contributed by atoms with Crippen LogP contribution in [-0.2, 0) is 0 Å². The molecule has 3 nitrogen and oxygen atoms in total. The molecule has 0 radical (unpaired) electrons. The largest absolute Gasteiger partial charge is 0.317 e. The van der Waals surface area contributed by atoms with Crippen LogP contribution in [0.15, 0.2) is 0 Å². The molecule has 15 heavy (non-hydrogen) atoms. The molecule has 0 amide bonds. The van der Waals surface area contributed by atoms with Gasteiger partial charge in [0.2, 0.25) is 0 Å². The Bertz CT molecular complexity index is 319. The number of nitrogens with one attached hydrogen (secondary N) is 1. The summed E-state index contributed by atoms with van der Waals surface area (Å²) in [4.78, 5) is 4.68. The van der Waals surface area contributed by atoms with Gasteiger partial charge in [-0.3, -0.25) is 0 Å². The van der Waals surface area contributed by atoms with Gasteiger partial charge in [-0.15, -0.1) is 0 Å². The van der Waals surface area contributed by atoms with E-state index < -0.39 is 0 Å². The maximum Gasteiger partial charge on any atom is 0.145 e. The second-order valence-electron chi connectivity index (χ2n) is 4.36. The summed E-state index contributed by atoms with van der Waals surface area (Å²) in [6.45, 7) is 4.43. The van der Waals surface area contributed by atoms with Crippen molar-refractivity contribution < 1.29 is 0 Å². The number of aromatic nitrogens is 2. The van der Waals surface area contributed by atoms with E-state index >= 15 is 0 Å². The average molecular weight is 225 g/mol. The second kappa shape index (κ2) is 4.58. The molecule has 2 rings (SSSR count). The van der Waals surface area contributed by atoms with Crippen molar-refractivity contribution in [3.8, 4) is 0 Å². The van der Waals surface area contributed by atoms with E-state index in [1.54, 1.807) is 11.5 Å². The summed E-state index contributed by atoms with van der Waals surface area (Å²) >= 11 is 1.59. The highest BCUT2D eigenvalue weighted by molar-refractivity contribution is 7.05. The Labute approximate surface area is 95.5 Å². The number of hydrogen-bond acceptors (Lipinski definition) is 4. The quantitative estimate of drug-likeness (QED) is 0.836. The first kappa shape index (κ1) is 11.0. The van der Waals surface area contributed by atoms with Crippen LogP contribution in [0.25, 0.3) is 0 Å². The van der Waals surface area contributed by atoms with Crippen LogP contribution < -0.4 is 5.32 Å². The highest BCUT2D eigenvalue weighted by Crippen LogP contribution is 2.39. The topological polar surface area (TPSA) is 37.8 Å². The third kappa shape index (κ3) is 2.37. The third-order valence-corrected chi connectivity index (χ3v) is 4.08. The molecule has 0 spiro atoms. The summed E-state index contributed by atoms with van der Waals surface area (Å²) in [7, 11) is 2.01. The van der Waals surface area contributed by atoms with E-state index in [0.29, 0.717) is 17.9 Å². The van der Waals surface area contributed by atoms with Crippen molar-refractivity contribution in [1.29, 1.82) is 0 Å². The van der Waals surface area contributed by atoms with Gasteiger partial charge in [-0.1, -0.05) is 6.92 Å². The highest BCUT2D eigenvalue weighted by Gasteiger charge is 2.29. The lowest BCUT2D eigenvalue weighted by molar-refractivity contribution is 0.480. The molecule has 84 valence electrons. The molecular weight excluding hydrogens is 206 g/mol. The van der Waals surface area contributed by atoms with E-state index in [1.165, 1.54) is 17.8 Å². The Balaban J connectivity index is 2.11. The Kier molecular flexibility index (Phi) is 3.36. The van der Waals surface area contributed by atoms with Crippen molar-refractivity contribution in [3.05, 3.63) is 10.8 Å². The second-order valence-corrected chi connectivity index (χ2v) is 5.14. The van der Waals surface area contributed by atoms with Gasteiger partial charge in [0.1, 0.15) is 10.8 Å². The molecule has 2 unspecified atom stereocenters. The fraction of sp³-hybridized carbons (Fsp3) is 0.818. The summed E-state index contributed by atoms with van der Waals surface area (Å²) in [5.74, 6) is 2.29. The van der Waals surface area contributed by atoms with Gasteiger partial charge in [-0.25, -0.2) is 4.98 Å². The van der Waals surface area contributed by atoms with Gasteiger partial charge in [0, 0.05) is 17.9 Å². The van der Waals surface area contributed by atoms with Crippen LogP contribution in [0.4, 0.5) is 0 Å². The van der Waals surface area contributed by atoms with Crippen molar-refractivity contribution in [2.24, 2.45) is 0 Å². The molecule has 1 N–H and O–H groups in total. The number of nitrogens with zero attached hydrogens (tertiary/aromatic N) is 2. The van der Waals surface area contributed by atoms with Gasteiger partial charge >= 0.3 is 0 Å². The van der Waals surface area contributed by atoms with E-state index in [-0.39, 0.29) is 0 Å². The molecule has 1 aliphatic carbocycles. The molecule has 0 saturated heterocycles. The molecule has 1 aliphatic rings. The Hall–Kier alpha value is -0.480. The normalized spacial score (nSPS) is 20.2. The predicted octanol–water partition coefficient (Wildman–Crippen LogP) is 2.52. The first-order valence-electron chi connectivity index (χ1n) is 5.77. The molecule has 0 aliphatic heterocycles. The van der Waals surface area contributed by atoms with Crippen LogP contribution in [0.5, 0.6) is 0 Å². The van der Waals surface area contributed by atoms with E-state index in [0.717, 1.165) is 12.2 Å². The first-order chi connectivity index (χ1) is 7.26. The van der Waals surface area contributed by atoms with Gasteiger partial charge in [0.15, 0.2) is 0 Å². The molecule has 2 atom stereocenters. The Morgan fingerprint density at radius 1 is 1.53 bits per heavy atom. The standard InChI is InChI=1S/C11H19N3S/c1-4-9(7(2)12-3)11-13-10(14-15-11)8-5-6-8/h7-9,12H,4-6H2,1-3H3. The minimum absolute atomic E-state index is 0.481. The maximum atomic E-state index is 4.68. The monoisotopic (exact) mass is 225 g/mol. The van der Waals surface area contributed by atoms with Crippen molar-refractivity contribution in [2.45, 2.75) is 51.0 Å². The van der Waals surface area contributed by atoms with Gasteiger partial charge < -0.3 is 5.32 Å². The lowest BCUT2D eigenvalue weighted by Gasteiger charge is -2.19. The van der Waals surface area contributed by atoms with Crippen LogP contribution in [-0.4, -0.2) is 22.4 Å². The minimum atomic E-state index is 0.481. The highest BCUT2D eigenvalue weighted by atomic mass is 32.1. The molecule has 1 aromatic heterocycles. The van der Waals surface area contributed by atoms with Gasteiger partial charge in [0.25, 0.3) is 0 Å². The molecule has 1 saturated carbocycles. The van der Waals surface area contributed by atoms with E-state index in [9.17, 15) is 0 Å². The Morgan fingerprint density at radius 3 is 2.80 bits per heavy atom. The molecule has 4 heteroatoms. The molecule has 1 fully saturated rings. The summed E-state index contributed by atoms with van der Waals surface area (Å²) < 4.78 is 4.47. The lowest BCUT2D eigenvalue weighted by Crippen LogP contribution is -2.28. The third-order valence-electron chi connectivity index (χ3n) is 3.22. The number of rotatable bonds is 5. The zero-order chi connectivity index (χ0) is 10.8. The van der Waals surface area contributed by atoms with Crippen LogP contribution in [0.1, 0.15) is 55.8 Å². The van der Waals surface area contributed by atoms with Crippen molar-refractivity contribution in [1.82, 2.24) is 14.7 Å². The summed E-state index contributed by atoms with van der Waals surface area (Å²) in [6.07, 6.45) is 3.70. The van der Waals surface area contributed by atoms with Gasteiger partial charge in [-0.2, -0.15) is 4.37 Å². The molecule has 1 aromatic rings. The van der Waals surface area contributed by atoms with Gasteiger partial charge in [-0.05, 0) is 44.8 Å². The predicted molar refractivity (Wildman–Crippen MR) is 63.4 cm³/mol. The first-order valence-corrected chi connectivity index (χ1v) is 6.54. The fourth-order valence-electron chi connectivity index (χ4n) is 1.85. The zero-order valence-corrected chi connectivity index (χ0v) is 10.5. The zero-order valence-electron chi connectivity index (χ0n) is 9.66. The molecule has 0 bridgehead atoms. The van der Waals surface area contributed by atoms with Crippen LogP contribution in [0.3, 0.4) is 0 Å². The SMILES string of the molecule is CCC(c1nc(C2CC2)ns1)C(C)NC. The van der Waals surface area contributed by atoms with Gasteiger partial charge in [0.05, 0.1) is 0 Å². The number of likely N-dealkylation sites (N-methyl/N-ethyl adjacent to an activating group) is 1. The molecule has 1 heterocycles. The fourth-order valence-corrected chi connectivity index (χ4v) is 2.87. The van der Waals surface area contributed by atoms with Crippen LogP contribution >= 0.6 is 11.5 Å². The van der Waals surface area contributed by atoms with Crippen molar-refractivity contribution in [3.63, 3.8) is 0 Å². The van der Waals surface area contributed by atoms with Crippen molar-refractivity contribution >= 4 is 11.5 Å². The summed E-state index contributed by atoms with van der Waals surface area (Å²) in [6, 6.07) is 0.481. The average Bonchev–Trinajstić information content (AvgIpc) is 3.00. The summed E-state index contributed by atoms with van der Waals surface area (Å²) in [5.41, 5.74) is 0. The summed E-state index contributed by atoms with van der Waals surface area (Å²) in [5, 5.41) is 4.52. The number of hydrogen-bond donors (Lipinski definition) is 1. The minimum Gasteiger partial charge on any atom is -0.317 e. The van der Waals surface area contributed by atoms with E-state index in [1.807, 2.05) is 7.05 Å². The maximum absolute atomic E-state index is 4.68. The molecular formula is C11H19N3S. The lowest BCUT2D eigenvalue weighted by atomic mass is 9.99. The van der Waals surface area contributed by atoms with E-state index in [4.69, 9.17) is 0 Å². The smallest absolute Gasteiger partial charge is 0.145 e. The van der Waals surface area contributed by atoms with E-state index in [2.05, 4.69) is 28.5 Å². The Morgan fingerprint density at radius 2 is 2.27 bits per heavy atom. The van der Waals surface area contributed by atoms with Crippen molar-refractivity contribution in [2.75, 3.05) is 7.05 Å². The van der Waals surface area contributed by atoms with Crippen LogP contribution in [0, 0.1) is 0 Å².